The van der Waals surface area contributed by atoms with Gasteiger partial charge in [-0.15, -0.1) is 11.8 Å². The Balaban J connectivity index is 1.59. The third-order valence-electron chi connectivity index (χ3n) is 4.97. The number of amides is 2. The number of methoxy groups -OCH3 is 1. The molecule has 0 aliphatic carbocycles. The Morgan fingerprint density at radius 2 is 1.93 bits per heavy atom. The van der Waals surface area contributed by atoms with Crippen molar-refractivity contribution in [3.05, 3.63) is 59.2 Å². The molecule has 1 unspecified atom stereocenters. The first-order valence-corrected chi connectivity index (χ1v) is 10.5. The van der Waals surface area contributed by atoms with Crippen molar-refractivity contribution in [3.8, 4) is 5.75 Å². The molecule has 1 fully saturated rings. The van der Waals surface area contributed by atoms with Gasteiger partial charge in [0.2, 0.25) is 11.8 Å². The van der Waals surface area contributed by atoms with Gasteiger partial charge in [0.05, 0.1) is 13.0 Å². The van der Waals surface area contributed by atoms with Crippen LogP contribution in [0, 0.1) is 13.8 Å². The normalized spacial score (nSPS) is 16.1. The van der Waals surface area contributed by atoms with Crippen molar-refractivity contribution < 1.29 is 14.3 Å². The SMILES string of the molecule is COc1ccc(NC(=O)C2CSCN2C(=O)CCc2ccc(C)cc2C)cc1. The lowest BCUT2D eigenvalue weighted by atomic mass is 10.0. The van der Waals surface area contributed by atoms with Crippen LogP contribution in [0.3, 0.4) is 0 Å². The molecule has 2 aromatic carbocycles. The predicted molar refractivity (Wildman–Crippen MR) is 114 cm³/mol. The van der Waals surface area contributed by atoms with Crippen molar-refractivity contribution in [2.24, 2.45) is 0 Å². The molecule has 6 heteroatoms. The Hall–Kier alpha value is -2.47. The number of hydrogen-bond donors (Lipinski definition) is 1. The molecule has 5 nitrogen and oxygen atoms in total. The quantitative estimate of drug-likeness (QED) is 0.804. The van der Waals surface area contributed by atoms with Crippen LogP contribution in [0.5, 0.6) is 5.75 Å². The Morgan fingerprint density at radius 3 is 2.61 bits per heavy atom. The molecule has 0 bridgehead atoms. The average molecular weight is 399 g/mol. The lowest BCUT2D eigenvalue weighted by molar-refractivity contribution is -0.136. The number of benzene rings is 2. The number of rotatable bonds is 6. The highest BCUT2D eigenvalue weighted by Gasteiger charge is 2.34. The molecule has 3 rings (SSSR count). The van der Waals surface area contributed by atoms with E-state index in [2.05, 4.69) is 37.4 Å². The minimum atomic E-state index is -0.432. The van der Waals surface area contributed by atoms with Gasteiger partial charge < -0.3 is 15.0 Å². The molecule has 0 spiro atoms. The van der Waals surface area contributed by atoms with Crippen LogP contribution in [0.1, 0.15) is 23.1 Å². The highest BCUT2D eigenvalue weighted by molar-refractivity contribution is 7.99. The lowest BCUT2D eigenvalue weighted by Crippen LogP contribution is -2.44. The second-order valence-corrected chi connectivity index (χ2v) is 8.03. The second-order valence-electron chi connectivity index (χ2n) is 7.03. The summed E-state index contributed by atoms with van der Waals surface area (Å²) in [5.74, 6) is 1.80. The van der Waals surface area contributed by atoms with E-state index in [-0.39, 0.29) is 11.8 Å². The summed E-state index contributed by atoms with van der Waals surface area (Å²) >= 11 is 1.61. The van der Waals surface area contributed by atoms with E-state index >= 15 is 0 Å². The summed E-state index contributed by atoms with van der Waals surface area (Å²) in [5, 5.41) is 2.91. The molecule has 1 saturated heterocycles. The third kappa shape index (κ3) is 4.87. The summed E-state index contributed by atoms with van der Waals surface area (Å²) in [5.41, 5.74) is 4.31. The van der Waals surface area contributed by atoms with E-state index in [0.29, 0.717) is 30.2 Å². The van der Waals surface area contributed by atoms with Crippen LogP contribution in [0.2, 0.25) is 0 Å². The van der Waals surface area contributed by atoms with Crippen LogP contribution in [-0.4, -0.2) is 41.5 Å². The minimum absolute atomic E-state index is 0.0276. The van der Waals surface area contributed by atoms with E-state index in [1.165, 1.54) is 16.7 Å². The van der Waals surface area contributed by atoms with Crippen molar-refractivity contribution in [1.82, 2.24) is 4.90 Å². The van der Waals surface area contributed by atoms with Gasteiger partial charge in [-0.3, -0.25) is 9.59 Å². The number of thioether (sulfide) groups is 1. The largest absolute Gasteiger partial charge is 0.497 e. The first kappa shape index (κ1) is 20.3. The van der Waals surface area contributed by atoms with Gasteiger partial charge in [-0.05, 0) is 55.7 Å². The molecule has 1 aliphatic heterocycles. The smallest absolute Gasteiger partial charge is 0.248 e. The van der Waals surface area contributed by atoms with E-state index < -0.39 is 6.04 Å². The first-order valence-electron chi connectivity index (χ1n) is 9.36. The van der Waals surface area contributed by atoms with Gasteiger partial charge in [-0.1, -0.05) is 23.8 Å². The van der Waals surface area contributed by atoms with Crippen molar-refractivity contribution in [1.29, 1.82) is 0 Å². The Morgan fingerprint density at radius 1 is 1.18 bits per heavy atom. The topological polar surface area (TPSA) is 58.6 Å². The van der Waals surface area contributed by atoms with Crippen molar-refractivity contribution >= 4 is 29.3 Å². The maximum atomic E-state index is 12.8. The van der Waals surface area contributed by atoms with Gasteiger partial charge in [0, 0.05) is 17.9 Å². The van der Waals surface area contributed by atoms with Gasteiger partial charge in [0.25, 0.3) is 0 Å². The van der Waals surface area contributed by atoms with E-state index in [0.717, 1.165) is 5.75 Å². The van der Waals surface area contributed by atoms with Crippen LogP contribution in [0.15, 0.2) is 42.5 Å². The summed E-state index contributed by atoms with van der Waals surface area (Å²) in [7, 11) is 1.60. The molecule has 0 radical (unpaired) electrons. The fourth-order valence-corrected chi connectivity index (χ4v) is 4.50. The lowest BCUT2D eigenvalue weighted by Gasteiger charge is -2.23. The molecule has 1 atom stereocenters. The van der Waals surface area contributed by atoms with Crippen LogP contribution in [-0.2, 0) is 16.0 Å². The van der Waals surface area contributed by atoms with E-state index in [1.807, 2.05) is 0 Å². The molecule has 2 aromatic rings. The highest BCUT2D eigenvalue weighted by Crippen LogP contribution is 2.24. The zero-order valence-electron chi connectivity index (χ0n) is 16.5. The molecule has 28 heavy (non-hydrogen) atoms. The summed E-state index contributed by atoms with van der Waals surface area (Å²) < 4.78 is 5.13. The third-order valence-corrected chi connectivity index (χ3v) is 5.98. The van der Waals surface area contributed by atoms with Gasteiger partial charge in [-0.25, -0.2) is 0 Å². The number of anilines is 1. The molecule has 0 aromatic heterocycles. The van der Waals surface area contributed by atoms with E-state index in [9.17, 15) is 9.59 Å². The molecule has 1 N–H and O–H groups in total. The molecular formula is C22H26N2O3S. The Bertz CT molecular complexity index is 851. The van der Waals surface area contributed by atoms with Gasteiger partial charge in [0.15, 0.2) is 0 Å². The zero-order chi connectivity index (χ0) is 20.1. The van der Waals surface area contributed by atoms with Crippen LogP contribution < -0.4 is 10.1 Å². The van der Waals surface area contributed by atoms with Crippen molar-refractivity contribution in [2.45, 2.75) is 32.7 Å². The number of nitrogens with zero attached hydrogens (tertiary/aromatic N) is 1. The Kier molecular flexibility index (Phi) is 6.62. The summed E-state index contributed by atoms with van der Waals surface area (Å²) in [6, 6.07) is 13.1. The number of ether oxygens (including phenoxy) is 1. The number of carbonyl (C=O) groups excluding carboxylic acids is 2. The molecule has 148 valence electrons. The molecule has 2 amide bonds. The number of nitrogens with one attached hydrogen (secondary N) is 1. The van der Waals surface area contributed by atoms with Gasteiger partial charge >= 0.3 is 0 Å². The maximum absolute atomic E-state index is 12.8. The van der Waals surface area contributed by atoms with Gasteiger partial charge in [-0.2, -0.15) is 0 Å². The van der Waals surface area contributed by atoms with E-state index in [1.54, 1.807) is 48.0 Å². The number of hydrogen-bond acceptors (Lipinski definition) is 4. The summed E-state index contributed by atoms with van der Waals surface area (Å²) in [4.78, 5) is 27.2. The molecule has 1 aliphatic rings. The maximum Gasteiger partial charge on any atom is 0.248 e. The minimum Gasteiger partial charge on any atom is -0.497 e. The number of aryl methyl sites for hydroxylation is 3. The Labute approximate surface area is 170 Å². The predicted octanol–water partition coefficient (Wildman–Crippen LogP) is 3.78. The fourth-order valence-electron chi connectivity index (χ4n) is 3.32. The van der Waals surface area contributed by atoms with Crippen LogP contribution in [0.25, 0.3) is 0 Å². The average Bonchev–Trinajstić information content (AvgIpc) is 3.18. The zero-order valence-corrected chi connectivity index (χ0v) is 17.3. The number of carbonyl (C=O) groups is 2. The van der Waals surface area contributed by atoms with Crippen LogP contribution >= 0.6 is 11.8 Å². The fraction of sp³-hybridized carbons (Fsp3) is 0.364. The molecule has 0 saturated carbocycles. The summed E-state index contributed by atoms with van der Waals surface area (Å²) in [6.07, 6.45) is 1.11. The highest BCUT2D eigenvalue weighted by atomic mass is 32.2. The van der Waals surface area contributed by atoms with Gasteiger partial charge in [0.1, 0.15) is 11.8 Å². The standard InChI is InChI=1S/C22H26N2O3S/c1-15-4-5-17(16(2)12-15)6-11-21(25)24-14-28-13-20(24)22(26)23-18-7-9-19(27-3)10-8-18/h4-5,7-10,12,20H,6,11,13-14H2,1-3H3,(H,23,26). The molecule has 1 heterocycles. The monoisotopic (exact) mass is 398 g/mol. The first-order chi connectivity index (χ1) is 13.5. The summed E-state index contributed by atoms with van der Waals surface area (Å²) in [6.45, 7) is 4.14. The second kappa shape index (κ2) is 9.15. The van der Waals surface area contributed by atoms with Crippen molar-refractivity contribution in [3.63, 3.8) is 0 Å². The van der Waals surface area contributed by atoms with Crippen LogP contribution in [0.4, 0.5) is 5.69 Å². The van der Waals surface area contributed by atoms with Crippen molar-refractivity contribution in [2.75, 3.05) is 24.1 Å². The molecular weight excluding hydrogens is 372 g/mol. The van der Waals surface area contributed by atoms with E-state index in [4.69, 9.17) is 4.74 Å².